The molecule has 0 aromatic rings. The molecule has 3 heteroatoms. The van der Waals surface area contributed by atoms with Gasteiger partial charge in [-0.2, -0.15) is 0 Å². The molecule has 1 aliphatic heterocycles. The molecule has 1 amide bonds. The number of nitrogens with one attached hydrogen (secondary N) is 2. The molecule has 2 rings (SSSR count). The molecule has 3 unspecified atom stereocenters. The van der Waals surface area contributed by atoms with Gasteiger partial charge < -0.3 is 10.6 Å². The predicted octanol–water partition coefficient (Wildman–Crippen LogP) is 2.07. The largest absolute Gasteiger partial charge is 0.354 e. The van der Waals surface area contributed by atoms with E-state index < -0.39 is 0 Å². The Hall–Kier alpha value is -0.570. The van der Waals surface area contributed by atoms with Crippen molar-refractivity contribution in [3.63, 3.8) is 0 Å². The van der Waals surface area contributed by atoms with Crippen LogP contribution in [0.4, 0.5) is 0 Å². The fraction of sp³-hybridized carbons (Fsp3) is 0.929. The van der Waals surface area contributed by atoms with E-state index in [2.05, 4.69) is 17.6 Å². The number of hydrogen-bond donors (Lipinski definition) is 2. The molecule has 1 saturated heterocycles. The topological polar surface area (TPSA) is 41.1 Å². The number of hydrogen-bond acceptors (Lipinski definition) is 2. The highest BCUT2D eigenvalue weighted by molar-refractivity contribution is 5.81. The average molecular weight is 238 g/mol. The Bertz CT molecular complexity index is 249. The lowest BCUT2D eigenvalue weighted by Crippen LogP contribution is -2.48. The summed E-state index contributed by atoms with van der Waals surface area (Å²) in [7, 11) is 0. The Morgan fingerprint density at radius 1 is 1.18 bits per heavy atom. The van der Waals surface area contributed by atoms with E-state index in [-0.39, 0.29) is 11.9 Å². The number of carbonyl (C=O) groups excluding carboxylic acids is 1. The van der Waals surface area contributed by atoms with Crippen molar-refractivity contribution in [3.05, 3.63) is 0 Å². The van der Waals surface area contributed by atoms with Crippen molar-refractivity contribution in [2.45, 2.75) is 57.9 Å². The summed E-state index contributed by atoms with van der Waals surface area (Å²) >= 11 is 0. The maximum atomic E-state index is 12.0. The van der Waals surface area contributed by atoms with Crippen LogP contribution in [0.1, 0.15) is 51.9 Å². The quantitative estimate of drug-likeness (QED) is 0.790. The summed E-state index contributed by atoms with van der Waals surface area (Å²) < 4.78 is 0. The monoisotopic (exact) mass is 238 g/mol. The molecular weight excluding hydrogens is 212 g/mol. The molecule has 1 heterocycles. The maximum Gasteiger partial charge on any atom is 0.237 e. The third kappa shape index (κ3) is 3.70. The van der Waals surface area contributed by atoms with Crippen LogP contribution < -0.4 is 10.6 Å². The zero-order valence-electron chi connectivity index (χ0n) is 11.0. The first-order valence-electron chi connectivity index (χ1n) is 7.28. The van der Waals surface area contributed by atoms with Crippen LogP contribution in [0.25, 0.3) is 0 Å². The lowest BCUT2D eigenvalue weighted by molar-refractivity contribution is -0.124. The molecule has 17 heavy (non-hydrogen) atoms. The number of rotatable bonds is 3. The first-order chi connectivity index (χ1) is 8.27. The van der Waals surface area contributed by atoms with E-state index in [9.17, 15) is 4.79 Å². The van der Waals surface area contributed by atoms with Gasteiger partial charge in [-0.05, 0) is 37.6 Å². The van der Waals surface area contributed by atoms with Crippen molar-refractivity contribution >= 4 is 5.91 Å². The second kappa shape index (κ2) is 6.39. The Morgan fingerprint density at radius 3 is 2.65 bits per heavy atom. The summed E-state index contributed by atoms with van der Waals surface area (Å²) in [5.74, 6) is 1.71. The zero-order valence-corrected chi connectivity index (χ0v) is 11.0. The van der Waals surface area contributed by atoms with Gasteiger partial charge in [0.2, 0.25) is 5.91 Å². The van der Waals surface area contributed by atoms with Crippen molar-refractivity contribution in [1.29, 1.82) is 0 Å². The summed E-state index contributed by atoms with van der Waals surface area (Å²) in [6.45, 7) is 4.21. The molecule has 0 radical (unpaired) electrons. The fourth-order valence-electron chi connectivity index (χ4n) is 3.13. The van der Waals surface area contributed by atoms with Crippen LogP contribution in [0.3, 0.4) is 0 Å². The highest BCUT2D eigenvalue weighted by Crippen LogP contribution is 2.28. The molecule has 2 fully saturated rings. The van der Waals surface area contributed by atoms with Crippen LogP contribution in [0.2, 0.25) is 0 Å². The normalized spacial score (nSPS) is 34.3. The SMILES string of the molecule is CC1CCCCC1CNC(=O)C1CCCCN1. The lowest BCUT2D eigenvalue weighted by atomic mass is 9.80. The van der Waals surface area contributed by atoms with Crippen LogP contribution in [0.5, 0.6) is 0 Å². The summed E-state index contributed by atoms with van der Waals surface area (Å²) in [5, 5.41) is 6.46. The molecule has 2 aliphatic rings. The number of amides is 1. The first-order valence-corrected chi connectivity index (χ1v) is 7.28. The standard InChI is InChI=1S/C14H26N2O/c1-11-6-2-3-7-12(11)10-16-14(17)13-8-4-5-9-15-13/h11-13,15H,2-10H2,1H3,(H,16,17). The van der Waals surface area contributed by atoms with E-state index in [4.69, 9.17) is 0 Å². The van der Waals surface area contributed by atoms with E-state index >= 15 is 0 Å². The van der Waals surface area contributed by atoms with E-state index in [1.165, 1.54) is 38.5 Å². The molecule has 0 spiro atoms. The van der Waals surface area contributed by atoms with Gasteiger partial charge >= 0.3 is 0 Å². The smallest absolute Gasteiger partial charge is 0.237 e. The van der Waals surface area contributed by atoms with Gasteiger partial charge in [0.15, 0.2) is 0 Å². The van der Waals surface area contributed by atoms with Crippen LogP contribution in [0.15, 0.2) is 0 Å². The minimum Gasteiger partial charge on any atom is -0.354 e. The molecule has 1 aliphatic carbocycles. The second-order valence-corrected chi connectivity index (χ2v) is 5.77. The van der Waals surface area contributed by atoms with Gasteiger partial charge in [-0.3, -0.25) is 4.79 Å². The number of piperidine rings is 1. The highest BCUT2D eigenvalue weighted by Gasteiger charge is 2.24. The van der Waals surface area contributed by atoms with Gasteiger partial charge in [-0.25, -0.2) is 0 Å². The Balaban J connectivity index is 1.71. The molecule has 3 atom stereocenters. The van der Waals surface area contributed by atoms with Gasteiger partial charge in [0, 0.05) is 6.54 Å². The minimum absolute atomic E-state index is 0.0719. The molecule has 98 valence electrons. The number of carbonyl (C=O) groups is 1. The van der Waals surface area contributed by atoms with Crippen molar-refractivity contribution in [2.75, 3.05) is 13.1 Å². The molecule has 1 saturated carbocycles. The summed E-state index contributed by atoms with van der Waals surface area (Å²) in [6, 6.07) is 0.0719. The van der Waals surface area contributed by atoms with Crippen LogP contribution in [0, 0.1) is 11.8 Å². The Kier molecular flexibility index (Phi) is 4.84. The maximum absolute atomic E-state index is 12.0. The second-order valence-electron chi connectivity index (χ2n) is 5.77. The molecule has 0 aromatic carbocycles. The summed E-state index contributed by atoms with van der Waals surface area (Å²) in [4.78, 5) is 12.0. The van der Waals surface area contributed by atoms with Crippen LogP contribution in [-0.2, 0) is 4.79 Å². The average Bonchev–Trinajstić information content (AvgIpc) is 2.38. The van der Waals surface area contributed by atoms with Crippen molar-refractivity contribution in [3.8, 4) is 0 Å². The molecule has 0 aromatic heterocycles. The van der Waals surface area contributed by atoms with Crippen LogP contribution in [-0.4, -0.2) is 25.0 Å². The van der Waals surface area contributed by atoms with Crippen molar-refractivity contribution in [2.24, 2.45) is 11.8 Å². The van der Waals surface area contributed by atoms with Gasteiger partial charge in [0.05, 0.1) is 6.04 Å². The fourth-order valence-corrected chi connectivity index (χ4v) is 3.13. The van der Waals surface area contributed by atoms with Gasteiger partial charge in [0.25, 0.3) is 0 Å². The van der Waals surface area contributed by atoms with E-state index in [0.29, 0.717) is 5.92 Å². The van der Waals surface area contributed by atoms with Gasteiger partial charge in [-0.15, -0.1) is 0 Å². The molecule has 0 bridgehead atoms. The molecular formula is C14H26N2O. The molecule has 3 nitrogen and oxygen atoms in total. The summed E-state index contributed by atoms with van der Waals surface area (Å²) in [5.41, 5.74) is 0. The van der Waals surface area contributed by atoms with E-state index in [1.54, 1.807) is 0 Å². The zero-order chi connectivity index (χ0) is 12.1. The Morgan fingerprint density at radius 2 is 1.94 bits per heavy atom. The lowest BCUT2D eigenvalue weighted by Gasteiger charge is -2.30. The van der Waals surface area contributed by atoms with E-state index in [1.807, 2.05) is 0 Å². The van der Waals surface area contributed by atoms with Crippen molar-refractivity contribution < 1.29 is 4.79 Å². The van der Waals surface area contributed by atoms with Gasteiger partial charge in [-0.1, -0.05) is 32.6 Å². The third-order valence-corrected chi connectivity index (χ3v) is 4.45. The summed E-state index contributed by atoms with van der Waals surface area (Å²) in [6.07, 6.45) is 8.74. The molecule has 2 N–H and O–H groups in total. The first kappa shape index (κ1) is 12.9. The van der Waals surface area contributed by atoms with E-state index in [0.717, 1.165) is 25.4 Å². The minimum atomic E-state index is 0.0719. The third-order valence-electron chi connectivity index (χ3n) is 4.45. The predicted molar refractivity (Wildman–Crippen MR) is 69.8 cm³/mol. The van der Waals surface area contributed by atoms with Crippen LogP contribution >= 0.6 is 0 Å². The van der Waals surface area contributed by atoms with Crippen molar-refractivity contribution in [1.82, 2.24) is 10.6 Å². The van der Waals surface area contributed by atoms with Gasteiger partial charge in [0.1, 0.15) is 0 Å². The Labute approximate surface area is 105 Å². The highest BCUT2D eigenvalue weighted by atomic mass is 16.2.